The van der Waals surface area contributed by atoms with Crippen LogP contribution in [0.1, 0.15) is 40.7 Å². The number of fused-ring (bicyclic) bond motifs is 1. The first-order valence-electron chi connectivity index (χ1n) is 9.08. The molecular formula is C20H21FN2O3S. The summed E-state index contributed by atoms with van der Waals surface area (Å²) in [6, 6.07) is 9.26. The maximum Gasteiger partial charge on any atom is 0.258 e. The molecule has 5 nitrogen and oxygen atoms in total. The monoisotopic (exact) mass is 388 g/mol. The molecule has 0 bridgehead atoms. The SMILES string of the molecule is Cc1cc(F)c2c(c1)CCCN2C(=O)c1cccc(S(=O)(=O)NC2CC2)c1. The third-order valence-corrected chi connectivity index (χ3v) is 6.44. The van der Waals surface area contributed by atoms with E-state index in [1.165, 1.54) is 23.1 Å². The fraction of sp³-hybridized carbons (Fsp3) is 0.350. The molecule has 2 aromatic rings. The number of amides is 1. The summed E-state index contributed by atoms with van der Waals surface area (Å²) in [5.41, 5.74) is 2.17. The van der Waals surface area contributed by atoms with E-state index in [2.05, 4.69) is 4.72 Å². The maximum absolute atomic E-state index is 14.6. The Balaban J connectivity index is 1.68. The van der Waals surface area contributed by atoms with E-state index in [0.29, 0.717) is 12.2 Å². The average Bonchev–Trinajstić information content (AvgIpc) is 3.43. The Hall–Kier alpha value is -2.25. The smallest absolute Gasteiger partial charge is 0.258 e. The van der Waals surface area contributed by atoms with E-state index >= 15 is 0 Å². The summed E-state index contributed by atoms with van der Waals surface area (Å²) in [6.07, 6.45) is 3.13. The third kappa shape index (κ3) is 3.61. The largest absolute Gasteiger partial charge is 0.305 e. The normalized spacial score (nSPS) is 16.9. The molecule has 2 aromatic carbocycles. The van der Waals surface area contributed by atoms with Crippen LogP contribution in [0.2, 0.25) is 0 Å². The highest BCUT2D eigenvalue weighted by Gasteiger charge is 2.30. The zero-order valence-electron chi connectivity index (χ0n) is 15.0. The van der Waals surface area contributed by atoms with Gasteiger partial charge in [-0.15, -0.1) is 0 Å². The molecule has 142 valence electrons. The predicted octanol–water partition coefficient (Wildman–Crippen LogP) is 3.17. The van der Waals surface area contributed by atoms with Crippen molar-refractivity contribution >= 4 is 21.6 Å². The van der Waals surface area contributed by atoms with E-state index in [9.17, 15) is 17.6 Å². The molecule has 1 aliphatic carbocycles. The molecule has 0 saturated heterocycles. The van der Waals surface area contributed by atoms with Gasteiger partial charge in [-0.25, -0.2) is 17.5 Å². The van der Waals surface area contributed by atoms with Gasteiger partial charge in [0, 0.05) is 18.2 Å². The summed E-state index contributed by atoms with van der Waals surface area (Å²) >= 11 is 0. The van der Waals surface area contributed by atoms with Gasteiger partial charge in [0.15, 0.2) is 0 Å². The minimum Gasteiger partial charge on any atom is -0.305 e. The van der Waals surface area contributed by atoms with Crippen LogP contribution >= 0.6 is 0 Å². The van der Waals surface area contributed by atoms with Gasteiger partial charge in [-0.2, -0.15) is 0 Å². The van der Waals surface area contributed by atoms with E-state index in [1.807, 2.05) is 13.0 Å². The Labute approximate surface area is 158 Å². The molecule has 1 aliphatic heterocycles. The highest BCUT2D eigenvalue weighted by atomic mass is 32.2. The van der Waals surface area contributed by atoms with Crippen molar-refractivity contribution in [3.8, 4) is 0 Å². The summed E-state index contributed by atoms with van der Waals surface area (Å²) in [4.78, 5) is 14.5. The molecule has 0 spiro atoms. The number of anilines is 1. The van der Waals surface area contributed by atoms with Crippen LogP contribution < -0.4 is 9.62 Å². The standard InChI is InChI=1S/C20H21FN2O3S/c1-13-10-14-5-3-9-23(19(14)18(21)11-13)20(24)15-4-2-6-17(12-15)27(25,26)22-16-7-8-16/h2,4,6,10-12,16,22H,3,5,7-9H2,1H3. The van der Waals surface area contributed by atoms with Crippen LogP contribution in [0.4, 0.5) is 10.1 Å². The zero-order chi connectivity index (χ0) is 19.2. The number of halogens is 1. The second kappa shape index (κ2) is 6.73. The van der Waals surface area contributed by atoms with Gasteiger partial charge in [-0.3, -0.25) is 4.79 Å². The van der Waals surface area contributed by atoms with Crippen molar-refractivity contribution in [2.45, 2.75) is 43.5 Å². The number of sulfonamides is 1. The van der Waals surface area contributed by atoms with Crippen LogP contribution in [0.3, 0.4) is 0 Å². The van der Waals surface area contributed by atoms with Crippen molar-refractivity contribution in [1.82, 2.24) is 4.72 Å². The topological polar surface area (TPSA) is 66.5 Å². The third-order valence-electron chi connectivity index (χ3n) is 4.92. The van der Waals surface area contributed by atoms with Crippen LogP contribution in [-0.2, 0) is 16.4 Å². The molecular weight excluding hydrogens is 367 g/mol. The van der Waals surface area contributed by atoms with E-state index in [1.54, 1.807) is 12.1 Å². The average molecular weight is 388 g/mol. The number of nitrogens with one attached hydrogen (secondary N) is 1. The van der Waals surface area contributed by atoms with Crippen LogP contribution in [-0.4, -0.2) is 26.9 Å². The van der Waals surface area contributed by atoms with Crippen molar-refractivity contribution < 1.29 is 17.6 Å². The molecule has 1 amide bonds. The van der Waals surface area contributed by atoms with Crippen molar-refractivity contribution in [3.63, 3.8) is 0 Å². The van der Waals surface area contributed by atoms with Crippen molar-refractivity contribution in [2.75, 3.05) is 11.4 Å². The fourth-order valence-electron chi connectivity index (χ4n) is 3.48. The fourth-order valence-corrected chi connectivity index (χ4v) is 4.83. The number of rotatable bonds is 4. The van der Waals surface area contributed by atoms with Gasteiger partial charge >= 0.3 is 0 Å². The lowest BCUT2D eigenvalue weighted by Crippen LogP contribution is -2.36. The number of aryl methyl sites for hydroxylation is 2. The molecule has 4 rings (SSSR count). The maximum atomic E-state index is 14.6. The first-order valence-corrected chi connectivity index (χ1v) is 10.6. The Morgan fingerprint density at radius 2 is 2.00 bits per heavy atom. The Bertz CT molecular complexity index is 1020. The molecule has 1 N–H and O–H groups in total. The van der Waals surface area contributed by atoms with Crippen LogP contribution in [0.5, 0.6) is 0 Å². The minimum atomic E-state index is -3.65. The highest BCUT2D eigenvalue weighted by Crippen LogP contribution is 2.32. The number of carbonyl (C=O) groups excluding carboxylic acids is 1. The number of benzene rings is 2. The van der Waals surface area contributed by atoms with Crippen LogP contribution in [0.25, 0.3) is 0 Å². The number of carbonyl (C=O) groups is 1. The van der Waals surface area contributed by atoms with E-state index < -0.39 is 15.8 Å². The second-order valence-electron chi connectivity index (χ2n) is 7.24. The number of hydrogen-bond donors (Lipinski definition) is 1. The molecule has 0 aromatic heterocycles. The molecule has 0 atom stereocenters. The van der Waals surface area contributed by atoms with Gasteiger partial charge < -0.3 is 4.90 Å². The van der Waals surface area contributed by atoms with Crippen molar-refractivity contribution in [2.24, 2.45) is 0 Å². The lowest BCUT2D eigenvalue weighted by atomic mass is 9.98. The molecule has 0 radical (unpaired) electrons. The first kappa shape index (κ1) is 18.1. The lowest BCUT2D eigenvalue weighted by molar-refractivity contribution is 0.0984. The van der Waals surface area contributed by atoms with Crippen molar-refractivity contribution in [1.29, 1.82) is 0 Å². The molecule has 0 unspecified atom stereocenters. The summed E-state index contributed by atoms with van der Waals surface area (Å²) in [7, 11) is -3.65. The highest BCUT2D eigenvalue weighted by molar-refractivity contribution is 7.89. The molecule has 1 fully saturated rings. The molecule has 2 aliphatic rings. The van der Waals surface area contributed by atoms with E-state index in [4.69, 9.17) is 0 Å². The van der Waals surface area contributed by atoms with Gasteiger partial charge in [0.2, 0.25) is 10.0 Å². The molecule has 1 saturated carbocycles. The van der Waals surface area contributed by atoms with Crippen LogP contribution in [0, 0.1) is 12.7 Å². The number of hydrogen-bond acceptors (Lipinski definition) is 3. The first-order chi connectivity index (χ1) is 12.8. The summed E-state index contributed by atoms with van der Waals surface area (Å²) in [5.74, 6) is -0.806. The molecule has 1 heterocycles. The molecule has 27 heavy (non-hydrogen) atoms. The zero-order valence-corrected chi connectivity index (χ0v) is 15.9. The quantitative estimate of drug-likeness (QED) is 0.875. The Kier molecular flexibility index (Phi) is 4.52. The van der Waals surface area contributed by atoms with Crippen molar-refractivity contribution in [3.05, 3.63) is 58.9 Å². The Morgan fingerprint density at radius 1 is 1.22 bits per heavy atom. The van der Waals surface area contributed by atoms with Gasteiger partial charge in [0.1, 0.15) is 5.82 Å². The molecule has 7 heteroatoms. The minimum absolute atomic E-state index is 0.0133. The summed E-state index contributed by atoms with van der Waals surface area (Å²) < 4.78 is 42.0. The summed E-state index contributed by atoms with van der Waals surface area (Å²) in [5, 5.41) is 0. The van der Waals surface area contributed by atoms with E-state index in [0.717, 1.165) is 36.8 Å². The Morgan fingerprint density at radius 3 is 2.74 bits per heavy atom. The van der Waals surface area contributed by atoms with Gasteiger partial charge in [0.05, 0.1) is 10.6 Å². The lowest BCUT2D eigenvalue weighted by Gasteiger charge is -2.30. The van der Waals surface area contributed by atoms with Gasteiger partial charge in [-0.1, -0.05) is 12.1 Å². The van der Waals surface area contributed by atoms with Gasteiger partial charge in [-0.05, 0) is 68.0 Å². The van der Waals surface area contributed by atoms with E-state index in [-0.39, 0.29) is 22.4 Å². The summed E-state index contributed by atoms with van der Waals surface area (Å²) in [6.45, 7) is 2.23. The second-order valence-corrected chi connectivity index (χ2v) is 8.95. The van der Waals surface area contributed by atoms with Gasteiger partial charge in [0.25, 0.3) is 5.91 Å². The number of nitrogens with zero attached hydrogens (tertiary/aromatic N) is 1. The predicted molar refractivity (Wildman–Crippen MR) is 101 cm³/mol. The van der Waals surface area contributed by atoms with Crippen LogP contribution in [0.15, 0.2) is 41.3 Å².